The third-order valence-corrected chi connectivity index (χ3v) is 6.12. The number of hydrogen-bond acceptors (Lipinski definition) is 9. The Morgan fingerprint density at radius 1 is 0.892 bits per heavy atom. The zero-order valence-corrected chi connectivity index (χ0v) is 22.0. The largest absolute Gasteiger partial charge is 0.452 e. The molecule has 2 saturated heterocycles. The van der Waals surface area contributed by atoms with Gasteiger partial charge in [0.15, 0.2) is 11.9 Å². The van der Waals surface area contributed by atoms with E-state index in [1.54, 1.807) is 74.5 Å². The Hall–Kier alpha value is -2.40. The molecule has 12 heteroatoms. The molecule has 0 spiro atoms. The zero-order chi connectivity index (χ0) is 26.8. The average molecular weight is 573 g/mol. The van der Waals surface area contributed by atoms with Crippen LogP contribution in [0.2, 0.25) is 0 Å². The molecule has 0 aromatic heterocycles. The summed E-state index contributed by atoms with van der Waals surface area (Å²) >= 11 is 17.4. The molecule has 37 heavy (non-hydrogen) atoms. The van der Waals surface area contributed by atoms with Crippen LogP contribution < -0.4 is 0 Å². The second-order valence-corrected chi connectivity index (χ2v) is 11.0. The van der Waals surface area contributed by atoms with Crippen molar-refractivity contribution in [1.29, 1.82) is 5.41 Å². The van der Waals surface area contributed by atoms with Crippen LogP contribution in [0.15, 0.2) is 60.7 Å². The summed E-state index contributed by atoms with van der Waals surface area (Å²) in [6.07, 6.45) is -5.81. The van der Waals surface area contributed by atoms with Crippen LogP contribution in [-0.4, -0.2) is 64.7 Å². The topological polar surface area (TPSA) is 113 Å². The van der Waals surface area contributed by atoms with Gasteiger partial charge < -0.3 is 28.4 Å². The highest BCUT2D eigenvalue weighted by Gasteiger charge is 2.57. The third-order valence-electron chi connectivity index (χ3n) is 5.60. The molecule has 198 valence electrons. The Morgan fingerprint density at radius 3 is 1.86 bits per heavy atom. The molecule has 2 aliphatic heterocycles. The first-order chi connectivity index (χ1) is 17.4. The molecule has 5 atom stereocenters. The van der Waals surface area contributed by atoms with Gasteiger partial charge in [0.05, 0.1) is 17.7 Å². The van der Waals surface area contributed by atoms with E-state index in [4.69, 9.17) is 68.6 Å². The molecular formula is C25H24Cl3NO8. The number of nitrogens with one attached hydrogen (secondary N) is 1. The van der Waals surface area contributed by atoms with E-state index in [0.717, 1.165) is 0 Å². The van der Waals surface area contributed by atoms with E-state index in [0.29, 0.717) is 0 Å². The molecule has 0 unspecified atom stereocenters. The van der Waals surface area contributed by atoms with E-state index in [9.17, 15) is 9.59 Å². The smallest absolute Gasteiger partial charge is 0.338 e. The van der Waals surface area contributed by atoms with Gasteiger partial charge in [0.1, 0.15) is 12.2 Å². The van der Waals surface area contributed by atoms with Crippen molar-refractivity contribution in [2.45, 2.75) is 54.1 Å². The first kappa shape index (κ1) is 27.6. The minimum atomic E-state index is -2.22. The Balaban J connectivity index is 1.67. The highest BCUT2D eigenvalue weighted by Crippen LogP contribution is 2.38. The Labute approximate surface area is 228 Å². The van der Waals surface area contributed by atoms with Gasteiger partial charge in [-0.05, 0) is 38.1 Å². The third kappa shape index (κ3) is 6.73. The van der Waals surface area contributed by atoms with Gasteiger partial charge in [-0.3, -0.25) is 5.41 Å². The van der Waals surface area contributed by atoms with Gasteiger partial charge in [-0.2, -0.15) is 0 Å². The van der Waals surface area contributed by atoms with Crippen molar-refractivity contribution < 1.29 is 38.0 Å². The lowest BCUT2D eigenvalue weighted by Crippen LogP contribution is -2.46. The predicted octanol–water partition coefficient (Wildman–Crippen LogP) is 4.68. The maximum Gasteiger partial charge on any atom is 0.338 e. The lowest BCUT2D eigenvalue weighted by Gasteiger charge is -2.26. The molecule has 0 saturated carbocycles. The fourth-order valence-electron chi connectivity index (χ4n) is 3.89. The van der Waals surface area contributed by atoms with Crippen LogP contribution in [0, 0.1) is 5.41 Å². The summed E-state index contributed by atoms with van der Waals surface area (Å²) < 4.78 is 32.4. The van der Waals surface area contributed by atoms with E-state index in [1.165, 1.54) is 0 Å². The van der Waals surface area contributed by atoms with Crippen LogP contribution in [0.4, 0.5) is 0 Å². The molecule has 9 nitrogen and oxygen atoms in total. The summed E-state index contributed by atoms with van der Waals surface area (Å²) in [5.74, 6) is -3.16. The second-order valence-electron chi connectivity index (χ2n) is 8.75. The number of halogens is 3. The molecule has 0 aliphatic carbocycles. The second kappa shape index (κ2) is 11.1. The Kier molecular flexibility index (Phi) is 8.32. The Morgan fingerprint density at radius 2 is 1.41 bits per heavy atom. The summed E-state index contributed by atoms with van der Waals surface area (Å²) in [5, 5.41) is 8.02. The van der Waals surface area contributed by atoms with Crippen LogP contribution in [-0.2, 0) is 28.4 Å². The van der Waals surface area contributed by atoms with Crippen molar-refractivity contribution in [3.63, 3.8) is 0 Å². The first-order valence-corrected chi connectivity index (χ1v) is 12.4. The highest BCUT2D eigenvalue weighted by molar-refractivity contribution is 6.76. The number of alkyl halides is 3. The maximum atomic E-state index is 13.0. The highest BCUT2D eigenvalue weighted by atomic mass is 35.6. The summed E-state index contributed by atoms with van der Waals surface area (Å²) in [6, 6.07) is 16.4. The van der Waals surface area contributed by atoms with Crippen LogP contribution in [0.3, 0.4) is 0 Å². The fraction of sp³-hybridized carbons (Fsp3) is 0.400. The van der Waals surface area contributed by atoms with Gasteiger partial charge in [-0.25, -0.2) is 9.59 Å². The van der Waals surface area contributed by atoms with Gasteiger partial charge in [-0.15, -0.1) is 0 Å². The molecule has 4 rings (SSSR count). The lowest BCUT2D eigenvalue weighted by molar-refractivity contribution is -0.175. The number of esters is 2. The van der Waals surface area contributed by atoms with E-state index in [-0.39, 0.29) is 17.7 Å². The zero-order valence-electron chi connectivity index (χ0n) is 19.8. The summed E-state index contributed by atoms with van der Waals surface area (Å²) in [5.41, 5.74) is 0.493. The van der Waals surface area contributed by atoms with Crippen molar-refractivity contribution >= 4 is 52.6 Å². The summed E-state index contributed by atoms with van der Waals surface area (Å²) in [7, 11) is 0. The molecule has 2 aromatic rings. The van der Waals surface area contributed by atoms with Crippen LogP contribution in [0.1, 0.15) is 34.6 Å². The number of carbonyl (C=O) groups excluding carboxylic acids is 2. The standard InChI is InChI=1S/C25H24Cl3NO8/c1-24(2)32-13-16(37-24)17-18(33-20(30)14-9-5-3-6-10-14)19(22(35-17)36-23(29)25(26,27)28)34-21(31)15-11-7-4-8-12-15/h3-12,16-19,22,29H,13H2,1-2H3/t16-,17+,18+,19-,22+/m1/s1. The van der Waals surface area contributed by atoms with Crippen molar-refractivity contribution in [2.75, 3.05) is 6.61 Å². The van der Waals surface area contributed by atoms with E-state index in [1.807, 2.05) is 0 Å². The number of benzene rings is 2. The predicted molar refractivity (Wildman–Crippen MR) is 134 cm³/mol. The number of rotatable bonds is 6. The quantitative estimate of drug-likeness (QED) is 0.230. The molecule has 1 N–H and O–H groups in total. The van der Waals surface area contributed by atoms with Gasteiger partial charge in [0.2, 0.25) is 18.3 Å². The normalized spacial score (nSPS) is 26.9. The molecular weight excluding hydrogens is 549 g/mol. The summed E-state index contributed by atoms with van der Waals surface area (Å²) in [4.78, 5) is 26.0. The fourth-order valence-corrected chi connectivity index (χ4v) is 4.03. The SMILES string of the molecule is CC1(C)OC[C@H]([C@@H]2O[C@@H](OC(=N)C(Cl)(Cl)Cl)[C@H](OC(=O)c3ccccc3)[C@H]2OC(=O)c2ccccc2)O1. The molecule has 2 fully saturated rings. The molecule has 2 heterocycles. The molecule has 0 bridgehead atoms. The van der Waals surface area contributed by atoms with Gasteiger partial charge >= 0.3 is 11.9 Å². The van der Waals surface area contributed by atoms with Gasteiger partial charge in [0.25, 0.3) is 3.79 Å². The average Bonchev–Trinajstić information content (AvgIpc) is 3.38. The van der Waals surface area contributed by atoms with Gasteiger partial charge in [-0.1, -0.05) is 71.2 Å². The number of carbonyl (C=O) groups is 2. The minimum Gasteiger partial charge on any atom is -0.452 e. The van der Waals surface area contributed by atoms with Crippen molar-refractivity contribution in [3.05, 3.63) is 71.8 Å². The van der Waals surface area contributed by atoms with E-state index >= 15 is 0 Å². The van der Waals surface area contributed by atoms with Crippen LogP contribution in [0.25, 0.3) is 0 Å². The molecule has 0 amide bonds. The maximum absolute atomic E-state index is 13.0. The lowest BCUT2D eigenvalue weighted by atomic mass is 10.1. The van der Waals surface area contributed by atoms with Crippen LogP contribution >= 0.6 is 34.8 Å². The van der Waals surface area contributed by atoms with Crippen molar-refractivity contribution in [3.8, 4) is 0 Å². The Bertz CT molecular complexity index is 1130. The van der Waals surface area contributed by atoms with Crippen molar-refractivity contribution in [2.24, 2.45) is 0 Å². The van der Waals surface area contributed by atoms with Crippen LogP contribution in [0.5, 0.6) is 0 Å². The summed E-state index contributed by atoms with van der Waals surface area (Å²) in [6.45, 7) is 3.52. The minimum absolute atomic E-state index is 0.0883. The number of ether oxygens (including phenoxy) is 6. The molecule has 2 aromatic carbocycles. The molecule has 2 aliphatic rings. The first-order valence-electron chi connectivity index (χ1n) is 11.3. The molecule has 0 radical (unpaired) electrons. The monoisotopic (exact) mass is 571 g/mol. The van der Waals surface area contributed by atoms with Gasteiger partial charge in [0, 0.05) is 0 Å². The van der Waals surface area contributed by atoms with E-state index < -0.39 is 58.1 Å². The number of hydrogen-bond donors (Lipinski definition) is 1. The van der Waals surface area contributed by atoms with E-state index in [2.05, 4.69) is 0 Å². The van der Waals surface area contributed by atoms with Crippen molar-refractivity contribution in [1.82, 2.24) is 0 Å².